The fourth-order valence-electron chi connectivity index (χ4n) is 2.50. The van der Waals surface area contributed by atoms with Crippen LogP contribution in [0.1, 0.15) is 29.8 Å². The average Bonchev–Trinajstić information content (AvgIpc) is 2.90. The highest BCUT2D eigenvalue weighted by molar-refractivity contribution is 5.28. The van der Waals surface area contributed by atoms with Gasteiger partial charge in [0.15, 0.2) is 0 Å². The zero-order chi connectivity index (χ0) is 20.4. The number of rotatable bonds is 7. The molecule has 10 heteroatoms. The van der Waals surface area contributed by atoms with E-state index in [9.17, 15) is 26.3 Å². The van der Waals surface area contributed by atoms with Gasteiger partial charge in [0.1, 0.15) is 5.75 Å². The molecule has 2 rings (SSSR count). The van der Waals surface area contributed by atoms with Crippen LogP contribution in [-0.2, 0) is 13.6 Å². The number of ether oxygens (including phenoxy) is 1. The van der Waals surface area contributed by atoms with E-state index < -0.39 is 24.2 Å². The first-order chi connectivity index (χ1) is 12.4. The summed E-state index contributed by atoms with van der Waals surface area (Å²) in [6.07, 6.45) is -13.3. The average molecular weight is 395 g/mol. The monoisotopic (exact) mass is 395 g/mol. The Morgan fingerprint density at radius 1 is 1.15 bits per heavy atom. The lowest BCUT2D eigenvalue weighted by atomic mass is 10.1. The summed E-state index contributed by atoms with van der Waals surface area (Å²) in [4.78, 5) is 0. The predicted octanol–water partition coefficient (Wildman–Crippen LogP) is 4.45. The van der Waals surface area contributed by atoms with Crippen molar-refractivity contribution >= 4 is 0 Å². The second kappa shape index (κ2) is 7.79. The van der Waals surface area contributed by atoms with Crippen LogP contribution in [0.4, 0.5) is 26.3 Å². The number of nitrogens with one attached hydrogen (secondary N) is 1. The van der Waals surface area contributed by atoms with Gasteiger partial charge < -0.3 is 10.1 Å². The van der Waals surface area contributed by atoms with Gasteiger partial charge in [-0.2, -0.15) is 27.1 Å². The van der Waals surface area contributed by atoms with Crippen LogP contribution in [0.5, 0.6) is 5.75 Å². The SMILES string of the molecule is Cc1nn(C)cc1C(C)NCc1ccc(OC(F)(F)C(F)C(F)(F)F)cc1. The van der Waals surface area contributed by atoms with Gasteiger partial charge in [-0.1, -0.05) is 12.1 Å². The molecule has 0 spiro atoms. The van der Waals surface area contributed by atoms with E-state index in [0.717, 1.165) is 23.4 Å². The van der Waals surface area contributed by atoms with Gasteiger partial charge in [-0.15, -0.1) is 0 Å². The van der Waals surface area contributed by atoms with E-state index in [1.807, 2.05) is 20.0 Å². The maximum atomic E-state index is 13.2. The minimum atomic E-state index is -5.71. The fraction of sp³-hybridized carbons (Fsp3) is 0.471. The van der Waals surface area contributed by atoms with Crippen LogP contribution < -0.4 is 10.1 Å². The summed E-state index contributed by atoms with van der Waals surface area (Å²) < 4.78 is 81.2. The molecular formula is C17H19F6N3O. The first kappa shape index (κ1) is 21.1. The molecule has 27 heavy (non-hydrogen) atoms. The van der Waals surface area contributed by atoms with Crippen LogP contribution in [0.2, 0.25) is 0 Å². The number of halogens is 6. The maximum absolute atomic E-state index is 13.2. The van der Waals surface area contributed by atoms with Gasteiger partial charge in [0, 0.05) is 31.4 Å². The lowest BCUT2D eigenvalue weighted by Gasteiger charge is -2.23. The smallest absolute Gasteiger partial charge is 0.430 e. The van der Waals surface area contributed by atoms with Gasteiger partial charge in [0.25, 0.3) is 6.17 Å². The van der Waals surface area contributed by atoms with Crippen LogP contribution in [0, 0.1) is 6.92 Å². The zero-order valence-electron chi connectivity index (χ0n) is 14.8. The largest absolute Gasteiger partial charge is 0.439 e. The molecule has 0 aliphatic heterocycles. The molecule has 1 aromatic heterocycles. The summed E-state index contributed by atoms with van der Waals surface area (Å²) in [5, 5.41) is 7.47. The summed E-state index contributed by atoms with van der Waals surface area (Å²) in [6.45, 7) is 4.18. The van der Waals surface area contributed by atoms with E-state index in [1.165, 1.54) is 12.1 Å². The van der Waals surface area contributed by atoms with Crippen LogP contribution in [-0.4, -0.2) is 28.2 Å². The normalized spacial score (nSPS) is 14.9. The van der Waals surface area contributed by atoms with Crippen molar-refractivity contribution in [3.8, 4) is 5.75 Å². The Labute approximate surface area is 152 Å². The third-order valence-electron chi connectivity index (χ3n) is 3.89. The van der Waals surface area contributed by atoms with Crippen molar-refractivity contribution in [1.29, 1.82) is 0 Å². The number of aromatic nitrogens is 2. The second-order valence-electron chi connectivity index (χ2n) is 6.16. The minimum Gasteiger partial charge on any atom is -0.430 e. The summed E-state index contributed by atoms with van der Waals surface area (Å²) >= 11 is 0. The first-order valence-corrected chi connectivity index (χ1v) is 8.00. The van der Waals surface area contributed by atoms with Crippen LogP contribution in [0.15, 0.2) is 30.5 Å². The summed E-state index contributed by atoms with van der Waals surface area (Å²) in [6, 6.07) is 4.91. The summed E-state index contributed by atoms with van der Waals surface area (Å²) in [7, 11) is 1.80. The van der Waals surface area contributed by atoms with Gasteiger partial charge in [-0.25, -0.2) is 4.39 Å². The van der Waals surface area contributed by atoms with E-state index in [4.69, 9.17) is 0 Å². The zero-order valence-corrected chi connectivity index (χ0v) is 14.8. The van der Waals surface area contributed by atoms with Crippen LogP contribution in [0.3, 0.4) is 0 Å². The number of alkyl halides is 6. The molecule has 0 aliphatic carbocycles. The van der Waals surface area contributed by atoms with E-state index >= 15 is 0 Å². The van der Waals surface area contributed by atoms with Crippen molar-refractivity contribution in [2.24, 2.45) is 7.05 Å². The molecule has 150 valence electrons. The number of hydrogen-bond donors (Lipinski definition) is 1. The first-order valence-electron chi connectivity index (χ1n) is 8.00. The molecule has 0 saturated carbocycles. The molecule has 1 N–H and O–H groups in total. The van der Waals surface area contributed by atoms with E-state index in [-0.39, 0.29) is 6.04 Å². The highest BCUT2D eigenvalue weighted by atomic mass is 19.4. The third-order valence-corrected chi connectivity index (χ3v) is 3.89. The molecular weight excluding hydrogens is 376 g/mol. The molecule has 0 fully saturated rings. The molecule has 4 nitrogen and oxygen atoms in total. The van der Waals surface area contributed by atoms with E-state index in [2.05, 4.69) is 15.2 Å². The molecule has 2 aromatic rings. The van der Waals surface area contributed by atoms with E-state index in [0.29, 0.717) is 12.1 Å². The molecule has 0 aliphatic rings. The van der Waals surface area contributed by atoms with Crippen molar-refractivity contribution in [2.75, 3.05) is 0 Å². The van der Waals surface area contributed by atoms with Crippen LogP contribution in [0.25, 0.3) is 0 Å². The molecule has 0 saturated heterocycles. The summed E-state index contributed by atoms with van der Waals surface area (Å²) in [5.41, 5.74) is 2.55. The molecule has 1 heterocycles. The lowest BCUT2D eigenvalue weighted by Crippen LogP contribution is -2.45. The standard InChI is InChI=1S/C17H19F6N3O/c1-10(14-9-26(3)25-11(14)2)24-8-12-4-6-13(7-5-12)27-17(22,23)15(18)16(19,20)21/h4-7,9-10,15,24H,8H2,1-3H3. The molecule has 0 bridgehead atoms. The fourth-order valence-corrected chi connectivity index (χ4v) is 2.50. The Morgan fingerprint density at radius 3 is 2.22 bits per heavy atom. The van der Waals surface area contributed by atoms with Crippen molar-refractivity contribution in [3.63, 3.8) is 0 Å². The number of aryl methyl sites for hydroxylation is 2. The Morgan fingerprint density at radius 2 is 1.74 bits per heavy atom. The quantitative estimate of drug-likeness (QED) is 0.704. The Balaban J connectivity index is 1.96. The van der Waals surface area contributed by atoms with Crippen molar-refractivity contribution < 1.29 is 31.1 Å². The molecule has 2 unspecified atom stereocenters. The Bertz CT molecular complexity index is 757. The second-order valence-corrected chi connectivity index (χ2v) is 6.16. The van der Waals surface area contributed by atoms with Gasteiger partial charge in [0.2, 0.25) is 0 Å². The predicted molar refractivity (Wildman–Crippen MR) is 86.2 cm³/mol. The molecule has 2 atom stereocenters. The number of hydrogen-bond acceptors (Lipinski definition) is 3. The van der Waals surface area contributed by atoms with Crippen LogP contribution >= 0.6 is 0 Å². The van der Waals surface area contributed by atoms with Gasteiger partial charge in [0.05, 0.1) is 5.69 Å². The molecule has 0 radical (unpaired) electrons. The maximum Gasteiger partial charge on any atom is 0.439 e. The number of nitrogens with zero attached hydrogens (tertiary/aromatic N) is 2. The molecule has 0 amide bonds. The summed E-state index contributed by atoms with van der Waals surface area (Å²) in [5.74, 6) is -0.563. The van der Waals surface area contributed by atoms with E-state index in [1.54, 1.807) is 11.7 Å². The Hall–Kier alpha value is -2.23. The van der Waals surface area contributed by atoms with Gasteiger partial charge in [-0.05, 0) is 31.5 Å². The molecule has 1 aromatic carbocycles. The highest BCUT2D eigenvalue weighted by Gasteiger charge is 2.59. The van der Waals surface area contributed by atoms with Gasteiger partial charge >= 0.3 is 12.3 Å². The van der Waals surface area contributed by atoms with Crippen molar-refractivity contribution in [1.82, 2.24) is 15.1 Å². The van der Waals surface area contributed by atoms with Gasteiger partial charge in [-0.3, -0.25) is 4.68 Å². The Kier molecular flexibility index (Phi) is 6.08. The topological polar surface area (TPSA) is 39.1 Å². The van der Waals surface area contributed by atoms with Crippen molar-refractivity contribution in [2.45, 2.75) is 44.9 Å². The van der Waals surface area contributed by atoms with Crippen molar-refractivity contribution in [3.05, 3.63) is 47.3 Å². The lowest BCUT2D eigenvalue weighted by molar-refractivity contribution is -0.304. The number of benzene rings is 1. The third kappa shape index (κ3) is 5.38. The highest BCUT2D eigenvalue weighted by Crippen LogP contribution is 2.36. The minimum absolute atomic E-state index is 0.0296.